The third-order valence-corrected chi connectivity index (χ3v) is 5.00. The molecule has 0 N–H and O–H groups in total. The van der Waals surface area contributed by atoms with E-state index < -0.39 is 12.7 Å². The smallest absolute Gasteiger partial charge is 0.340 e. The average Bonchev–Trinajstić information content (AvgIpc) is 2.76. The van der Waals surface area contributed by atoms with Crippen molar-refractivity contribution in [3.8, 4) is 0 Å². The number of amides is 1. The molecular weight excluding hydrogens is 319 g/mol. The van der Waals surface area contributed by atoms with E-state index in [2.05, 4.69) is 11.8 Å². The molecule has 2 rings (SSSR count). The molecule has 1 atom stereocenters. The number of rotatable bonds is 5. The van der Waals surface area contributed by atoms with Crippen molar-refractivity contribution in [2.75, 3.05) is 45.8 Å². The van der Waals surface area contributed by atoms with Crippen LogP contribution in [0.1, 0.15) is 45.4 Å². The second kappa shape index (κ2) is 9.04. The zero-order valence-corrected chi connectivity index (χ0v) is 14.7. The minimum Gasteiger partial charge on any atom is -0.340 e. The Morgan fingerprint density at radius 2 is 1.83 bits per heavy atom. The number of piperidine rings is 1. The van der Waals surface area contributed by atoms with Gasteiger partial charge in [0, 0.05) is 26.2 Å². The highest BCUT2D eigenvalue weighted by molar-refractivity contribution is 5.82. The van der Waals surface area contributed by atoms with Gasteiger partial charge in [-0.05, 0) is 38.8 Å². The molecule has 2 fully saturated rings. The maximum Gasteiger partial charge on any atom is 0.401 e. The van der Waals surface area contributed by atoms with E-state index in [4.69, 9.17) is 0 Å². The molecule has 0 aromatic carbocycles. The fraction of sp³-hybridized carbons (Fsp3) is 0.941. The quantitative estimate of drug-likeness (QED) is 0.764. The molecule has 24 heavy (non-hydrogen) atoms. The molecular formula is C17H30F3N3O. The number of alkyl halides is 3. The van der Waals surface area contributed by atoms with Gasteiger partial charge in [0.1, 0.15) is 0 Å². The molecule has 0 bridgehead atoms. The SMILES string of the molecule is CCCCN1CCCC[C@@H]1C(=O)N1CCCN(CC(F)(F)F)CC1. The highest BCUT2D eigenvalue weighted by Crippen LogP contribution is 2.21. The van der Waals surface area contributed by atoms with Crippen molar-refractivity contribution in [2.45, 2.75) is 57.7 Å². The van der Waals surface area contributed by atoms with Crippen LogP contribution in [0.2, 0.25) is 0 Å². The first kappa shape index (κ1) is 19.5. The van der Waals surface area contributed by atoms with Gasteiger partial charge in [0.2, 0.25) is 5.91 Å². The Morgan fingerprint density at radius 3 is 2.54 bits per heavy atom. The van der Waals surface area contributed by atoms with Gasteiger partial charge in [0.15, 0.2) is 0 Å². The van der Waals surface area contributed by atoms with Crippen molar-refractivity contribution in [3.63, 3.8) is 0 Å². The number of carbonyl (C=O) groups is 1. The van der Waals surface area contributed by atoms with Gasteiger partial charge in [-0.15, -0.1) is 0 Å². The summed E-state index contributed by atoms with van der Waals surface area (Å²) in [4.78, 5) is 18.4. The lowest BCUT2D eigenvalue weighted by Gasteiger charge is -2.37. The van der Waals surface area contributed by atoms with E-state index in [1.165, 1.54) is 4.90 Å². The molecule has 2 saturated heterocycles. The van der Waals surface area contributed by atoms with Crippen LogP contribution in [-0.2, 0) is 4.79 Å². The van der Waals surface area contributed by atoms with Gasteiger partial charge < -0.3 is 4.90 Å². The van der Waals surface area contributed by atoms with E-state index in [1.807, 2.05) is 0 Å². The highest BCUT2D eigenvalue weighted by Gasteiger charge is 2.34. The van der Waals surface area contributed by atoms with Crippen molar-refractivity contribution in [3.05, 3.63) is 0 Å². The first-order chi connectivity index (χ1) is 11.4. The minimum atomic E-state index is -4.17. The van der Waals surface area contributed by atoms with Gasteiger partial charge in [-0.3, -0.25) is 14.6 Å². The van der Waals surface area contributed by atoms with Crippen molar-refractivity contribution < 1.29 is 18.0 Å². The van der Waals surface area contributed by atoms with Crippen LogP contribution < -0.4 is 0 Å². The fourth-order valence-electron chi connectivity index (χ4n) is 3.71. The highest BCUT2D eigenvalue weighted by atomic mass is 19.4. The molecule has 0 aromatic heterocycles. The Labute approximate surface area is 143 Å². The number of likely N-dealkylation sites (tertiary alicyclic amines) is 1. The molecule has 4 nitrogen and oxygen atoms in total. The van der Waals surface area contributed by atoms with E-state index in [1.54, 1.807) is 4.90 Å². The van der Waals surface area contributed by atoms with Gasteiger partial charge in [0.05, 0.1) is 12.6 Å². The van der Waals surface area contributed by atoms with Crippen molar-refractivity contribution >= 4 is 5.91 Å². The zero-order chi connectivity index (χ0) is 17.6. The monoisotopic (exact) mass is 349 g/mol. The molecule has 0 unspecified atom stereocenters. The van der Waals surface area contributed by atoms with E-state index in [0.29, 0.717) is 32.6 Å². The van der Waals surface area contributed by atoms with Crippen LogP contribution in [0.25, 0.3) is 0 Å². The van der Waals surface area contributed by atoms with Crippen molar-refractivity contribution in [1.29, 1.82) is 0 Å². The standard InChI is InChI=1S/C17H30F3N3O/c1-2-3-9-22-10-5-4-7-15(22)16(24)23-11-6-8-21(12-13-23)14-17(18,19)20/h15H,2-14H2,1H3/t15-/m1/s1. The largest absolute Gasteiger partial charge is 0.401 e. The van der Waals surface area contributed by atoms with Crippen molar-refractivity contribution in [2.24, 2.45) is 0 Å². The number of hydrogen-bond donors (Lipinski definition) is 0. The predicted molar refractivity (Wildman–Crippen MR) is 87.8 cm³/mol. The molecule has 2 aliphatic heterocycles. The van der Waals surface area contributed by atoms with Crippen LogP contribution in [0, 0.1) is 0 Å². The Bertz CT molecular complexity index is 403. The van der Waals surface area contributed by atoms with Crippen LogP contribution in [0.3, 0.4) is 0 Å². The van der Waals surface area contributed by atoms with Gasteiger partial charge in [-0.1, -0.05) is 19.8 Å². The number of halogens is 3. The Hall–Kier alpha value is -0.820. The van der Waals surface area contributed by atoms with Crippen LogP contribution in [0.15, 0.2) is 0 Å². The van der Waals surface area contributed by atoms with Crippen molar-refractivity contribution in [1.82, 2.24) is 14.7 Å². The first-order valence-corrected chi connectivity index (χ1v) is 9.22. The topological polar surface area (TPSA) is 26.8 Å². The summed E-state index contributed by atoms with van der Waals surface area (Å²) in [6.45, 7) is 4.88. The maximum absolute atomic E-state index is 12.9. The van der Waals surface area contributed by atoms with Gasteiger partial charge >= 0.3 is 6.18 Å². The first-order valence-electron chi connectivity index (χ1n) is 9.22. The van der Waals surface area contributed by atoms with E-state index >= 15 is 0 Å². The molecule has 0 aromatic rings. The average molecular weight is 349 g/mol. The lowest BCUT2D eigenvalue weighted by atomic mass is 10.00. The predicted octanol–water partition coefficient (Wildman–Crippen LogP) is 2.74. The molecule has 0 spiro atoms. The summed E-state index contributed by atoms with van der Waals surface area (Å²) < 4.78 is 37.7. The molecule has 2 heterocycles. The summed E-state index contributed by atoms with van der Waals surface area (Å²) in [5.74, 6) is 0.125. The molecule has 0 radical (unpaired) electrons. The Kier molecular flexibility index (Phi) is 7.34. The van der Waals surface area contributed by atoms with E-state index in [-0.39, 0.29) is 11.9 Å². The number of carbonyl (C=O) groups excluding carboxylic acids is 1. The molecule has 1 amide bonds. The molecule has 0 aliphatic carbocycles. The molecule has 0 saturated carbocycles. The Balaban J connectivity index is 1.91. The van der Waals surface area contributed by atoms with E-state index in [9.17, 15) is 18.0 Å². The van der Waals surface area contributed by atoms with Crippen LogP contribution in [0.5, 0.6) is 0 Å². The summed E-state index contributed by atoms with van der Waals surface area (Å²) in [7, 11) is 0. The second-order valence-electron chi connectivity index (χ2n) is 6.97. The zero-order valence-electron chi connectivity index (χ0n) is 14.7. The van der Waals surface area contributed by atoms with Crippen LogP contribution in [0.4, 0.5) is 13.2 Å². The summed E-state index contributed by atoms with van der Waals surface area (Å²) in [5.41, 5.74) is 0. The van der Waals surface area contributed by atoms with Gasteiger partial charge in [-0.25, -0.2) is 0 Å². The fourth-order valence-corrected chi connectivity index (χ4v) is 3.71. The van der Waals surface area contributed by atoms with Crippen LogP contribution >= 0.6 is 0 Å². The third kappa shape index (κ3) is 5.92. The molecule has 140 valence electrons. The Morgan fingerprint density at radius 1 is 1.04 bits per heavy atom. The van der Waals surface area contributed by atoms with E-state index in [0.717, 1.165) is 45.2 Å². The summed E-state index contributed by atoms with van der Waals surface area (Å²) in [6.07, 6.45) is 1.71. The van der Waals surface area contributed by atoms with Crippen LogP contribution in [-0.4, -0.2) is 78.6 Å². The normalized spacial score (nSPS) is 24.8. The lowest BCUT2D eigenvalue weighted by Crippen LogP contribution is -2.52. The second-order valence-corrected chi connectivity index (χ2v) is 6.97. The van der Waals surface area contributed by atoms with Gasteiger partial charge in [0.25, 0.3) is 0 Å². The summed E-state index contributed by atoms with van der Waals surface area (Å²) in [5, 5.41) is 0. The lowest BCUT2D eigenvalue weighted by molar-refractivity contribution is -0.145. The molecule has 7 heteroatoms. The summed E-state index contributed by atoms with van der Waals surface area (Å²) >= 11 is 0. The van der Waals surface area contributed by atoms with Gasteiger partial charge in [-0.2, -0.15) is 13.2 Å². The molecule has 2 aliphatic rings. The number of unbranched alkanes of at least 4 members (excludes halogenated alkanes) is 1. The third-order valence-electron chi connectivity index (χ3n) is 5.00. The number of nitrogens with zero attached hydrogens (tertiary/aromatic N) is 3. The number of hydrogen-bond acceptors (Lipinski definition) is 3. The minimum absolute atomic E-state index is 0.0699. The maximum atomic E-state index is 12.9. The summed E-state index contributed by atoms with van der Waals surface area (Å²) in [6, 6.07) is -0.0699.